The van der Waals surface area contributed by atoms with Crippen LogP contribution in [0.15, 0.2) is 23.1 Å². The molecule has 180 valence electrons. The van der Waals surface area contributed by atoms with Gasteiger partial charge in [-0.25, -0.2) is 4.79 Å². The highest BCUT2D eigenvalue weighted by molar-refractivity contribution is 7.99. The van der Waals surface area contributed by atoms with Crippen LogP contribution >= 0.6 is 11.8 Å². The fourth-order valence-corrected chi connectivity index (χ4v) is 5.08. The van der Waals surface area contributed by atoms with E-state index in [0.717, 1.165) is 16.0 Å². The second kappa shape index (κ2) is 12.0. The minimum absolute atomic E-state index is 0.0264. The number of carbonyl (C=O) groups is 2. The highest BCUT2D eigenvalue weighted by atomic mass is 32.2. The lowest BCUT2D eigenvalue weighted by Crippen LogP contribution is -2.37. The maximum absolute atomic E-state index is 13.6. The van der Waals surface area contributed by atoms with Gasteiger partial charge in [0.1, 0.15) is 19.1 Å². The predicted molar refractivity (Wildman–Crippen MR) is 112 cm³/mol. The van der Waals surface area contributed by atoms with E-state index in [4.69, 9.17) is 14.6 Å². The quantitative estimate of drug-likeness (QED) is 0.297. The van der Waals surface area contributed by atoms with Crippen LogP contribution in [0.25, 0.3) is 0 Å². The summed E-state index contributed by atoms with van der Waals surface area (Å²) in [4.78, 5) is 25.1. The zero-order chi connectivity index (χ0) is 23.9. The van der Waals surface area contributed by atoms with Gasteiger partial charge >= 0.3 is 12.1 Å². The largest absolute Gasteiger partial charge is 0.462 e. The van der Waals surface area contributed by atoms with Crippen molar-refractivity contribution in [3.63, 3.8) is 0 Å². The molecule has 0 saturated heterocycles. The number of aryl methyl sites for hydroxylation is 2. The molecule has 32 heavy (non-hydrogen) atoms. The normalized spacial score (nSPS) is 23.5. The van der Waals surface area contributed by atoms with Crippen LogP contribution in [0.3, 0.4) is 0 Å². The fraction of sp³-hybridized carbons (Fsp3) is 0.636. The van der Waals surface area contributed by atoms with Crippen molar-refractivity contribution in [2.75, 3.05) is 39.3 Å². The van der Waals surface area contributed by atoms with Gasteiger partial charge in [0.05, 0.1) is 12.7 Å². The van der Waals surface area contributed by atoms with Crippen molar-refractivity contribution in [2.24, 2.45) is 17.8 Å². The highest BCUT2D eigenvalue weighted by Crippen LogP contribution is 2.47. The van der Waals surface area contributed by atoms with Crippen LogP contribution in [-0.2, 0) is 23.8 Å². The van der Waals surface area contributed by atoms with Crippen LogP contribution in [0.2, 0.25) is 0 Å². The van der Waals surface area contributed by atoms with Gasteiger partial charge in [0.15, 0.2) is 5.78 Å². The molecule has 1 aromatic carbocycles. The Kier molecular flexibility index (Phi) is 10.00. The van der Waals surface area contributed by atoms with Crippen molar-refractivity contribution in [3.05, 3.63) is 29.3 Å². The number of aliphatic hydroxyl groups excluding tert-OH is 1. The Hall–Kier alpha value is -1.62. The molecule has 2 unspecified atom stereocenters. The van der Waals surface area contributed by atoms with Crippen LogP contribution in [0.5, 0.6) is 0 Å². The molecule has 0 amide bonds. The Morgan fingerprint density at radius 3 is 2.50 bits per heavy atom. The first-order valence-corrected chi connectivity index (χ1v) is 11.3. The zero-order valence-electron chi connectivity index (χ0n) is 18.3. The van der Waals surface area contributed by atoms with Gasteiger partial charge in [0.25, 0.3) is 0 Å². The molecule has 4 atom stereocenters. The van der Waals surface area contributed by atoms with E-state index in [1.54, 1.807) is 0 Å². The third kappa shape index (κ3) is 6.94. The van der Waals surface area contributed by atoms with Crippen molar-refractivity contribution < 1.29 is 42.1 Å². The number of alkyl halides is 3. The maximum atomic E-state index is 13.6. The van der Waals surface area contributed by atoms with E-state index in [9.17, 15) is 22.8 Å². The Labute approximate surface area is 189 Å². The van der Waals surface area contributed by atoms with Gasteiger partial charge in [-0.15, -0.1) is 11.8 Å². The average Bonchev–Trinajstić information content (AvgIpc) is 3.01. The summed E-state index contributed by atoms with van der Waals surface area (Å²) < 4.78 is 56.0. The number of ether oxygens (including phenoxy) is 3. The molecule has 1 saturated carbocycles. The van der Waals surface area contributed by atoms with Gasteiger partial charge < -0.3 is 19.3 Å². The number of rotatable bonds is 11. The summed E-state index contributed by atoms with van der Waals surface area (Å²) in [7, 11) is 1.18. The van der Waals surface area contributed by atoms with Crippen molar-refractivity contribution >= 4 is 23.5 Å². The first kappa shape index (κ1) is 26.6. The molecule has 1 N–H and O–H groups in total. The van der Waals surface area contributed by atoms with Gasteiger partial charge in [0, 0.05) is 30.3 Å². The molecule has 10 heteroatoms. The molecule has 0 radical (unpaired) electrons. The van der Waals surface area contributed by atoms with Crippen molar-refractivity contribution in [3.8, 4) is 0 Å². The summed E-state index contributed by atoms with van der Waals surface area (Å²) in [6.07, 6.45) is -5.88. The fourth-order valence-electron chi connectivity index (χ4n) is 3.88. The molecule has 1 aromatic rings. The van der Waals surface area contributed by atoms with Gasteiger partial charge in [-0.3, -0.25) is 4.79 Å². The monoisotopic (exact) mass is 478 g/mol. The van der Waals surface area contributed by atoms with E-state index in [1.165, 1.54) is 18.9 Å². The second-order valence-electron chi connectivity index (χ2n) is 7.73. The van der Waals surface area contributed by atoms with Crippen LogP contribution in [-0.4, -0.2) is 68.4 Å². The van der Waals surface area contributed by atoms with Gasteiger partial charge in [-0.1, -0.05) is 6.07 Å². The smallest absolute Gasteiger partial charge is 0.401 e. The second-order valence-corrected chi connectivity index (χ2v) is 8.83. The Morgan fingerprint density at radius 1 is 1.19 bits per heavy atom. The molecule has 1 fully saturated rings. The topological polar surface area (TPSA) is 82.1 Å². The molecular formula is C22H29F3O6S. The number of hydrogen-bond donors (Lipinski definition) is 1. The van der Waals surface area contributed by atoms with Gasteiger partial charge in [0.2, 0.25) is 0 Å². The number of esters is 1. The molecule has 0 aromatic heterocycles. The van der Waals surface area contributed by atoms with Gasteiger partial charge in [-0.05, 0) is 49.4 Å². The minimum atomic E-state index is -4.70. The van der Waals surface area contributed by atoms with E-state index in [1.807, 2.05) is 32.0 Å². The molecule has 0 aliphatic heterocycles. The number of halogens is 3. The molecule has 0 spiro atoms. The number of hydrogen-bond acceptors (Lipinski definition) is 7. The molecule has 6 nitrogen and oxygen atoms in total. The van der Waals surface area contributed by atoms with Crippen molar-refractivity contribution in [1.82, 2.24) is 0 Å². The van der Waals surface area contributed by atoms with Gasteiger partial charge in [-0.2, -0.15) is 13.2 Å². The number of aliphatic hydroxyl groups is 1. The van der Waals surface area contributed by atoms with Crippen LogP contribution < -0.4 is 0 Å². The standard InChI is InChI=1S/C22H29F3O6S/c1-13-4-5-15(10-14(13)2)32-12-17-16(6-8-30-11-18(27)31-9-7-26)21(29-3)19(20(17)28)22(23,24)25/h4-5,10,16-17,19,21,26H,6-9,11-12H2,1-3H3/t16-,17-,19?,21?/m1/s1. The van der Waals surface area contributed by atoms with E-state index < -0.39 is 41.8 Å². The number of carbonyl (C=O) groups excluding carboxylic acids is 2. The summed E-state index contributed by atoms with van der Waals surface area (Å²) in [6.45, 7) is 3.04. The molecule has 1 aliphatic rings. The van der Waals surface area contributed by atoms with Crippen molar-refractivity contribution in [1.29, 1.82) is 0 Å². The van der Waals surface area contributed by atoms with E-state index >= 15 is 0 Å². The van der Waals surface area contributed by atoms with Crippen LogP contribution in [0.1, 0.15) is 17.5 Å². The van der Waals surface area contributed by atoms with E-state index in [-0.39, 0.29) is 38.6 Å². The molecule has 0 bridgehead atoms. The van der Waals surface area contributed by atoms with Crippen LogP contribution in [0.4, 0.5) is 13.2 Å². The average molecular weight is 479 g/mol. The van der Waals surface area contributed by atoms with Crippen molar-refractivity contribution in [2.45, 2.75) is 37.4 Å². The summed E-state index contributed by atoms with van der Waals surface area (Å²) in [5, 5.41) is 8.63. The predicted octanol–water partition coefficient (Wildman–Crippen LogP) is 3.35. The zero-order valence-corrected chi connectivity index (χ0v) is 19.1. The highest BCUT2D eigenvalue weighted by Gasteiger charge is 2.60. The number of ketones is 1. The lowest BCUT2D eigenvalue weighted by atomic mass is 9.92. The number of benzene rings is 1. The lowest BCUT2D eigenvalue weighted by Gasteiger charge is -2.25. The molecule has 1 aliphatic carbocycles. The first-order chi connectivity index (χ1) is 15.1. The summed E-state index contributed by atoms with van der Waals surface area (Å²) in [5.41, 5.74) is 2.17. The third-order valence-electron chi connectivity index (χ3n) is 5.64. The summed E-state index contributed by atoms with van der Waals surface area (Å²) >= 11 is 1.34. The molecule has 2 rings (SSSR count). The first-order valence-electron chi connectivity index (χ1n) is 10.3. The summed E-state index contributed by atoms with van der Waals surface area (Å²) in [5.74, 6) is -5.10. The third-order valence-corrected chi connectivity index (χ3v) is 6.75. The minimum Gasteiger partial charge on any atom is -0.462 e. The SMILES string of the molecule is COC1C(C(F)(F)F)C(=O)[C@H](CSc2ccc(C)c(C)c2)[C@H]1CCOCC(=O)OCCO. The number of thioether (sulfide) groups is 1. The Morgan fingerprint density at radius 2 is 1.91 bits per heavy atom. The Balaban J connectivity index is 2.08. The Bertz CT molecular complexity index is 785. The number of methoxy groups -OCH3 is 1. The van der Waals surface area contributed by atoms with E-state index in [0.29, 0.717) is 0 Å². The molecular weight excluding hydrogens is 449 g/mol. The van der Waals surface area contributed by atoms with Crippen LogP contribution in [0, 0.1) is 31.6 Å². The molecule has 0 heterocycles. The maximum Gasteiger partial charge on any atom is 0.401 e. The number of Topliss-reactive ketones (excluding diaryl/α,β-unsaturated/α-hetero) is 1. The van der Waals surface area contributed by atoms with E-state index in [2.05, 4.69) is 4.74 Å². The lowest BCUT2D eigenvalue weighted by molar-refractivity contribution is -0.199. The summed E-state index contributed by atoms with van der Waals surface area (Å²) in [6, 6.07) is 5.77.